The highest BCUT2D eigenvalue weighted by molar-refractivity contribution is 14.0. The van der Waals surface area contributed by atoms with Gasteiger partial charge in [0.1, 0.15) is 5.82 Å². The summed E-state index contributed by atoms with van der Waals surface area (Å²) in [4.78, 5) is 7.73. The molecule has 29 heavy (non-hydrogen) atoms. The summed E-state index contributed by atoms with van der Waals surface area (Å²) >= 11 is 0. The van der Waals surface area contributed by atoms with Crippen LogP contribution in [0.15, 0.2) is 29.4 Å². The molecule has 1 unspecified atom stereocenters. The second-order valence-electron chi connectivity index (χ2n) is 7.00. The van der Waals surface area contributed by atoms with Crippen LogP contribution in [0.5, 0.6) is 0 Å². The molecule has 1 aromatic heterocycles. The van der Waals surface area contributed by atoms with Crippen LogP contribution in [0.25, 0.3) is 10.9 Å². The lowest BCUT2D eigenvalue weighted by Crippen LogP contribution is -2.38. The van der Waals surface area contributed by atoms with Gasteiger partial charge in [0.2, 0.25) is 0 Å². The van der Waals surface area contributed by atoms with Gasteiger partial charge in [-0.05, 0) is 56.4 Å². The number of H-pyrrole nitrogens is 1. The summed E-state index contributed by atoms with van der Waals surface area (Å²) in [5, 5.41) is 7.69. The number of hydrogen-bond acceptors (Lipinski definition) is 3. The maximum atomic E-state index is 13.3. The Labute approximate surface area is 189 Å². The minimum absolute atomic E-state index is 0. The molecule has 2 aromatic rings. The third kappa shape index (κ3) is 7.75. The number of ether oxygens (including phenoxy) is 2. The standard InChI is InChI=1S/C21H31FN4O2.HI/c1-2-23-21(24-9-4-11-27-15-18-5-3-12-28-18)25-10-8-16-14-26-20-13-17(22)6-7-19(16)20;/h6-7,13-14,18,26H,2-5,8-12,15H2,1H3,(H2,23,24,25);1H. The molecule has 3 rings (SSSR count). The van der Waals surface area contributed by atoms with Gasteiger partial charge in [-0.15, -0.1) is 24.0 Å². The Hall–Kier alpha value is -1.39. The summed E-state index contributed by atoms with van der Waals surface area (Å²) in [6.45, 7) is 6.60. The smallest absolute Gasteiger partial charge is 0.191 e. The molecule has 1 fully saturated rings. The summed E-state index contributed by atoms with van der Waals surface area (Å²) in [5.41, 5.74) is 2.00. The van der Waals surface area contributed by atoms with E-state index in [9.17, 15) is 4.39 Å². The lowest BCUT2D eigenvalue weighted by atomic mass is 10.1. The lowest BCUT2D eigenvalue weighted by Gasteiger charge is -2.12. The molecule has 0 spiro atoms. The third-order valence-electron chi connectivity index (χ3n) is 4.80. The van der Waals surface area contributed by atoms with Gasteiger partial charge >= 0.3 is 0 Å². The van der Waals surface area contributed by atoms with Crippen LogP contribution < -0.4 is 10.6 Å². The minimum Gasteiger partial charge on any atom is -0.379 e. The summed E-state index contributed by atoms with van der Waals surface area (Å²) < 4.78 is 24.5. The predicted octanol–water partition coefficient (Wildman–Crippen LogP) is 3.61. The second kappa shape index (κ2) is 13.0. The molecule has 1 aromatic carbocycles. The topological polar surface area (TPSA) is 70.7 Å². The molecule has 162 valence electrons. The van der Waals surface area contributed by atoms with E-state index in [1.807, 2.05) is 12.3 Å². The van der Waals surface area contributed by atoms with Crippen molar-refractivity contribution in [2.24, 2.45) is 4.99 Å². The van der Waals surface area contributed by atoms with Gasteiger partial charge in [0.15, 0.2) is 5.96 Å². The monoisotopic (exact) mass is 518 g/mol. The number of rotatable bonds is 10. The predicted molar refractivity (Wildman–Crippen MR) is 126 cm³/mol. The normalized spacial score (nSPS) is 16.8. The average Bonchev–Trinajstić information content (AvgIpc) is 3.34. The molecule has 0 saturated carbocycles. The number of aromatic nitrogens is 1. The first-order chi connectivity index (χ1) is 13.8. The molecular weight excluding hydrogens is 486 g/mol. The van der Waals surface area contributed by atoms with Gasteiger partial charge < -0.3 is 25.1 Å². The number of aliphatic imine (C=N–C) groups is 1. The molecule has 0 amide bonds. The van der Waals surface area contributed by atoms with Crippen molar-refractivity contribution in [1.29, 1.82) is 0 Å². The molecule has 1 aliphatic heterocycles. The molecule has 1 saturated heterocycles. The van der Waals surface area contributed by atoms with Crippen LogP contribution in [0, 0.1) is 5.82 Å². The molecule has 2 heterocycles. The van der Waals surface area contributed by atoms with E-state index in [4.69, 9.17) is 9.47 Å². The SMILES string of the molecule is CCNC(=NCCCOCC1CCCO1)NCCc1c[nH]c2cc(F)ccc12.I. The highest BCUT2D eigenvalue weighted by Gasteiger charge is 2.14. The molecule has 0 radical (unpaired) electrons. The number of nitrogens with one attached hydrogen (secondary N) is 3. The first kappa shape index (κ1) is 23.9. The van der Waals surface area contributed by atoms with E-state index in [-0.39, 0.29) is 35.9 Å². The summed E-state index contributed by atoms with van der Waals surface area (Å²) in [5.74, 6) is 0.591. The van der Waals surface area contributed by atoms with Crippen molar-refractivity contribution in [1.82, 2.24) is 15.6 Å². The average molecular weight is 518 g/mol. The number of benzene rings is 1. The summed E-state index contributed by atoms with van der Waals surface area (Å²) in [6.07, 6.45) is 6.20. The number of hydrogen-bond donors (Lipinski definition) is 3. The van der Waals surface area contributed by atoms with Crippen LogP contribution in [0.1, 0.15) is 31.7 Å². The third-order valence-corrected chi connectivity index (χ3v) is 4.80. The summed E-state index contributed by atoms with van der Waals surface area (Å²) in [7, 11) is 0. The first-order valence-electron chi connectivity index (χ1n) is 10.2. The van der Waals surface area contributed by atoms with Crippen molar-refractivity contribution in [2.75, 3.05) is 39.5 Å². The molecule has 8 heteroatoms. The van der Waals surface area contributed by atoms with Crippen molar-refractivity contribution < 1.29 is 13.9 Å². The van der Waals surface area contributed by atoms with Crippen molar-refractivity contribution >= 4 is 40.8 Å². The molecule has 1 atom stereocenters. The van der Waals surface area contributed by atoms with E-state index in [1.165, 1.54) is 17.7 Å². The van der Waals surface area contributed by atoms with Gasteiger partial charge in [0, 0.05) is 49.9 Å². The summed E-state index contributed by atoms with van der Waals surface area (Å²) in [6, 6.07) is 4.85. The van der Waals surface area contributed by atoms with Crippen LogP contribution in [-0.2, 0) is 15.9 Å². The molecular formula is C21H32FIN4O2. The van der Waals surface area contributed by atoms with E-state index in [0.29, 0.717) is 19.8 Å². The Bertz CT molecular complexity index is 762. The van der Waals surface area contributed by atoms with Crippen LogP contribution in [0.4, 0.5) is 4.39 Å². The molecule has 3 N–H and O–H groups in total. The Balaban J connectivity index is 0.00000300. The van der Waals surface area contributed by atoms with Gasteiger partial charge in [0.25, 0.3) is 0 Å². The van der Waals surface area contributed by atoms with Gasteiger partial charge in [-0.2, -0.15) is 0 Å². The van der Waals surface area contributed by atoms with Gasteiger partial charge in [-0.1, -0.05) is 0 Å². The Morgan fingerprint density at radius 3 is 3.07 bits per heavy atom. The number of fused-ring (bicyclic) bond motifs is 1. The quantitative estimate of drug-likeness (QED) is 0.195. The van der Waals surface area contributed by atoms with Crippen molar-refractivity contribution in [3.05, 3.63) is 35.8 Å². The van der Waals surface area contributed by atoms with Gasteiger partial charge in [-0.25, -0.2) is 4.39 Å². The molecule has 0 bridgehead atoms. The minimum atomic E-state index is -0.222. The fraction of sp³-hybridized carbons (Fsp3) is 0.571. The Morgan fingerprint density at radius 2 is 2.28 bits per heavy atom. The van der Waals surface area contributed by atoms with Crippen molar-refractivity contribution in [3.63, 3.8) is 0 Å². The zero-order chi connectivity index (χ0) is 19.6. The van der Waals surface area contributed by atoms with E-state index < -0.39 is 0 Å². The van der Waals surface area contributed by atoms with E-state index in [2.05, 4.69) is 27.5 Å². The lowest BCUT2D eigenvalue weighted by molar-refractivity contribution is 0.0171. The fourth-order valence-corrected chi connectivity index (χ4v) is 3.37. The van der Waals surface area contributed by atoms with Crippen molar-refractivity contribution in [3.8, 4) is 0 Å². The zero-order valence-electron chi connectivity index (χ0n) is 17.0. The van der Waals surface area contributed by atoms with Crippen LogP contribution in [0.3, 0.4) is 0 Å². The maximum absolute atomic E-state index is 13.3. The van der Waals surface area contributed by atoms with E-state index in [0.717, 1.165) is 62.2 Å². The number of halogens is 2. The largest absolute Gasteiger partial charge is 0.379 e. The van der Waals surface area contributed by atoms with Crippen molar-refractivity contribution in [2.45, 2.75) is 38.7 Å². The van der Waals surface area contributed by atoms with Gasteiger partial charge in [0.05, 0.1) is 12.7 Å². The van der Waals surface area contributed by atoms with Crippen LogP contribution in [0.2, 0.25) is 0 Å². The Morgan fingerprint density at radius 1 is 1.38 bits per heavy atom. The second-order valence-corrected chi connectivity index (χ2v) is 7.00. The van der Waals surface area contributed by atoms with E-state index >= 15 is 0 Å². The number of aromatic amines is 1. The number of nitrogens with zero attached hydrogens (tertiary/aromatic N) is 1. The number of guanidine groups is 1. The van der Waals surface area contributed by atoms with Crippen LogP contribution in [-0.4, -0.2) is 56.5 Å². The van der Waals surface area contributed by atoms with Crippen LogP contribution >= 0.6 is 24.0 Å². The molecule has 0 aliphatic carbocycles. The Kier molecular flexibility index (Phi) is 10.7. The van der Waals surface area contributed by atoms with Gasteiger partial charge in [-0.3, -0.25) is 4.99 Å². The zero-order valence-corrected chi connectivity index (χ0v) is 19.3. The first-order valence-corrected chi connectivity index (χ1v) is 10.2. The maximum Gasteiger partial charge on any atom is 0.191 e. The fourth-order valence-electron chi connectivity index (χ4n) is 3.37. The highest BCUT2D eigenvalue weighted by Crippen LogP contribution is 2.19. The van der Waals surface area contributed by atoms with E-state index in [1.54, 1.807) is 0 Å². The molecule has 1 aliphatic rings. The highest BCUT2D eigenvalue weighted by atomic mass is 127. The molecule has 6 nitrogen and oxygen atoms in total.